The standard InChI is InChI=1S/C43H26N4S/c1-3-13-27(14-4-1)28-23-25-30(26-24-28)42-44-41(29-15-5-2-6-16-29)45-43(46-42)47-35-21-11-9-19-33(35)37-31-17-7-8-18-32(31)40-38(39(37)47)34-20-10-12-22-36(34)48-40/h1-26H. The van der Waals surface area contributed by atoms with E-state index in [1.54, 1.807) is 0 Å². The van der Waals surface area contributed by atoms with Crippen LogP contribution in [-0.2, 0) is 0 Å². The fraction of sp³-hybridized carbons (Fsp3) is 0. The summed E-state index contributed by atoms with van der Waals surface area (Å²) in [7, 11) is 0. The van der Waals surface area contributed by atoms with Gasteiger partial charge in [0.1, 0.15) is 0 Å². The quantitative estimate of drug-likeness (QED) is 0.194. The average Bonchev–Trinajstić information content (AvgIpc) is 3.72. The van der Waals surface area contributed by atoms with E-state index in [1.807, 2.05) is 35.6 Å². The summed E-state index contributed by atoms with van der Waals surface area (Å²) in [6.07, 6.45) is 0. The van der Waals surface area contributed by atoms with E-state index in [1.165, 1.54) is 47.3 Å². The molecule has 4 nitrogen and oxygen atoms in total. The molecule has 0 saturated heterocycles. The van der Waals surface area contributed by atoms with E-state index in [-0.39, 0.29) is 0 Å². The summed E-state index contributed by atoms with van der Waals surface area (Å²) in [5.74, 6) is 1.88. The molecule has 0 aliphatic rings. The van der Waals surface area contributed by atoms with Crippen molar-refractivity contribution in [3.05, 3.63) is 158 Å². The Labute approximate surface area is 280 Å². The highest BCUT2D eigenvalue weighted by molar-refractivity contribution is 7.27. The van der Waals surface area contributed by atoms with Crippen LogP contribution in [-0.4, -0.2) is 19.5 Å². The SMILES string of the molecule is c1ccc(-c2ccc(-c3nc(-c4ccccc4)nc(-n4c5ccccc5c5c6ccccc6c6sc7ccccc7c6c54)n3)cc2)cc1. The molecule has 0 spiro atoms. The van der Waals surface area contributed by atoms with E-state index in [0.29, 0.717) is 17.6 Å². The zero-order valence-corrected chi connectivity index (χ0v) is 26.5. The van der Waals surface area contributed by atoms with E-state index in [0.717, 1.165) is 27.7 Å². The van der Waals surface area contributed by atoms with Crippen molar-refractivity contribution in [3.8, 4) is 39.9 Å². The molecular formula is C43H26N4S. The number of aromatic nitrogens is 4. The highest BCUT2D eigenvalue weighted by Gasteiger charge is 2.23. The van der Waals surface area contributed by atoms with Crippen LogP contribution in [0.15, 0.2) is 158 Å². The summed E-state index contributed by atoms with van der Waals surface area (Å²) >= 11 is 1.85. The molecule has 224 valence electrons. The zero-order valence-electron chi connectivity index (χ0n) is 25.7. The van der Waals surface area contributed by atoms with Gasteiger partial charge in [-0.05, 0) is 28.6 Å². The smallest absolute Gasteiger partial charge is 0.238 e. The lowest BCUT2D eigenvalue weighted by Gasteiger charge is -2.12. The Morgan fingerprint density at radius 2 is 0.917 bits per heavy atom. The Morgan fingerprint density at radius 1 is 0.396 bits per heavy atom. The van der Waals surface area contributed by atoms with Crippen molar-refractivity contribution in [2.45, 2.75) is 0 Å². The average molecular weight is 631 g/mol. The molecule has 0 saturated carbocycles. The first kappa shape index (κ1) is 27.0. The molecular weight excluding hydrogens is 605 g/mol. The lowest BCUT2D eigenvalue weighted by atomic mass is 10.00. The van der Waals surface area contributed by atoms with Crippen molar-refractivity contribution in [1.29, 1.82) is 0 Å². The van der Waals surface area contributed by atoms with Gasteiger partial charge in [0.05, 0.1) is 11.0 Å². The number of thiophene rings is 1. The van der Waals surface area contributed by atoms with Crippen LogP contribution < -0.4 is 0 Å². The molecule has 0 unspecified atom stereocenters. The van der Waals surface area contributed by atoms with Gasteiger partial charge in [0.25, 0.3) is 0 Å². The van der Waals surface area contributed by atoms with Gasteiger partial charge in [0.2, 0.25) is 5.95 Å². The fourth-order valence-electron chi connectivity index (χ4n) is 7.08. The van der Waals surface area contributed by atoms with E-state index in [9.17, 15) is 0 Å². The largest absolute Gasteiger partial charge is 0.277 e. The number of hydrogen-bond acceptors (Lipinski definition) is 4. The molecule has 0 aliphatic carbocycles. The van der Waals surface area contributed by atoms with Gasteiger partial charge in [-0.1, -0.05) is 146 Å². The minimum atomic E-state index is 0.601. The first-order valence-electron chi connectivity index (χ1n) is 16.0. The molecule has 0 bridgehead atoms. The molecule has 10 rings (SSSR count). The van der Waals surface area contributed by atoms with Crippen LogP contribution in [0.4, 0.5) is 0 Å². The molecule has 0 aliphatic heterocycles. The summed E-state index contributed by atoms with van der Waals surface area (Å²) in [5.41, 5.74) is 6.40. The number of hydrogen-bond donors (Lipinski definition) is 0. The molecule has 48 heavy (non-hydrogen) atoms. The lowest BCUT2D eigenvalue weighted by Crippen LogP contribution is -2.06. The second-order valence-electron chi connectivity index (χ2n) is 12.0. The summed E-state index contributed by atoms with van der Waals surface area (Å²) in [6.45, 7) is 0. The predicted molar refractivity (Wildman–Crippen MR) is 201 cm³/mol. The Bertz CT molecular complexity index is 2820. The first-order chi connectivity index (χ1) is 23.8. The second-order valence-corrected chi connectivity index (χ2v) is 13.1. The van der Waals surface area contributed by atoms with Gasteiger partial charge in [0.15, 0.2) is 11.6 Å². The van der Waals surface area contributed by atoms with Crippen LogP contribution in [0, 0.1) is 0 Å². The van der Waals surface area contributed by atoms with E-state index < -0.39 is 0 Å². The summed E-state index contributed by atoms with van der Waals surface area (Å²) < 4.78 is 4.81. The van der Waals surface area contributed by atoms with Crippen molar-refractivity contribution in [1.82, 2.24) is 19.5 Å². The Hall–Kier alpha value is -6.17. The van der Waals surface area contributed by atoms with Crippen molar-refractivity contribution in [3.63, 3.8) is 0 Å². The molecule has 10 aromatic rings. The number of benzene rings is 7. The number of fused-ring (bicyclic) bond motifs is 10. The second kappa shape index (κ2) is 10.7. The van der Waals surface area contributed by atoms with Crippen molar-refractivity contribution < 1.29 is 0 Å². The third-order valence-electron chi connectivity index (χ3n) is 9.25. The summed E-state index contributed by atoms with van der Waals surface area (Å²) in [4.78, 5) is 15.6. The maximum atomic E-state index is 5.27. The maximum absolute atomic E-state index is 5.27. The van der Waals surface area contributed by atoms with Gasteiger partial charge < -0.3 is 0 Å². The van der Waals surface area contributed by atoms with Crippen molar-refractivity contribution in [2.75, 3.05) is 0 Å². The third kappa shape index (κ3) is 4.11. The number of rotatable bonds is 4. The maximum Gasteiger partial charge on any atom is 0.238 e. The molecule has 5 heteroatoms. The molecule has 0 fully saturated rings. The van der Waals surface area contributed by atoms with Gasteiger partial charge in [0, 0.05) is 47.5 Å². The van der Waals surface area contributed by atoms with Gasteiger partial charge in [-0.25, -0.2) is 4.98 Å². The van der Waals surface area contributed by atoms with Crippen LogP contribution in [0.2, 0.25) is 0 Å². The highest BCUT2D eigenvalue weighted by Crippen LogP contribution is 2.47. The van der Waals surface area contributed by atoms with Crippen LogP contribution in [0.25, 0.3) is 92.6 Å². The first-order valence-corrected chi connectivity index (χ1v) is 16.9. The Morgan fingerprint density at radius 3 is 1.65 bits per heavy atom. The van der Waals surface area contributed by atoms with Crippen molar-refractivity contribution in [2.24, 2.45) is 0 Å². The van der Waals surface area contributed by atoms with Gasteiger partial charge in [-0.15, -0.1) is 11.3 Å². The molecule has 0 amide bonds. The number of nitrogens with zero attached hydrogens (tertiary/aromatic N) is 4. The van der Waals surface area contributed by atoms with Gasteiger partial charge >= 0.3 is 0 Å². The minimum absolute atomic E-state index is 0.601. The van der Waals surface area contributed by atoms with Crippen molar-refractivity contribution >= 4 is 64.1 Å². The van der Waals surface area contributed by atoms with Gasteiger partial charge in [-0.2, -0.15) is 9.97 Å². The summed E-state index contributed by atoms with van der Waals surface area (Å²) in [5, 5.41) is 7.37. The van der Waals surface area contributed by atoms with Crippen LogP contribution in [0.1, 0.15) is 0 Å². The predicted octanol–water partition coefficient (Wildman–Crippen LogP) is 11.5. The molecule has 0 radical (unpaired) electrons. The lowest BCUT2D eigenvalue weighted by molar-refractivity contribution is 0.955. The molecule has 0 N–H and O–H groups in total. The van der Waals surface area contributed by atoms with E-state index in [4.69, 9.17) is 15.0 Å². The minimum Gasteiger partial charge on any atom is -0.277 e. The zero-order chi connectivity index (χ0) is 31.6. The Balaban J connectivity index is 1.32. The number of para-hydroxylation sites is 1. The monoisotopic (exact) mass is 630 g/mol. The Kier molecular flexibility index (Phi) is 6.01. The molecule has 0 atom stereocenters. The van der Waals surface area contributed by atoms with Crippen LogP contribution in [0.3, 0.4) is 0 Å². The van der Waals surface area contributed by atoms with Crippen LogP contribution >= 0.6 is 11.3 Å². The molecule has 3 aromatic heterocycles. The van der Waals surface area contributed by atoms with Crippen LogP contribution in [0.5, 0.6) is 0 Å². The normalized spacial score (nSPS) is 11.8. The topological polar surface area (TPSA) is 43.6 Å². The highest BCUT2D eigenvalue weighted by atomic mass is 32.1. The van der Waals surface area contributed by atoms with E-state index >= 15 is 0 Å². The molecule has 3 heterocycles. The molecule has 7 aromatic carbocycles. The fourth-order valence-corrected chi connectivity index (χ4v) is 8.32. The van der Waals surface area contributed by atoms with E-state index in [2.05, 4.69) is 138 Å². The van der Waals surface area contributed by atoms with Gasteiger partial charge in [-0.3, -0.25) is 4.57 Å². The third-order valence-corrected chi connectivity index (χ3v) is 10.5. The summed E-state index contributed by atoms with van der Waals surface area (Å²) in [6, 6.07) is 55.3.